The number of hydrogen-bond acceptors (Lipinski definition) is 14. The average molecular weight is 972 g/mol. The van der Waals surface area contributed by atoms with Crippen LogP contribution < -0.4 is 10.6 Å². The van der Waals surface area contributed by atoms with Gasteiger partial charge >= 0.3 is 22.2 Å². The second kappa shape index (κ2) is 19.9. The molecule has 0 bridgehead atoms. The lowest BCUT2D eigenvalue weighted by atomic mass is 9.80. The molecule has 1 aromatic heterocycles. The monoisotopic (exact) mass is 971 g/mol. The smallest absolute Gasteiger partial charge is 0.413 e. The molecule has 18 heteroatoms. The third kappa shape index (κ3) is 10.5. The molecule has 2 N–H and O–H groups in total. The predicted molar refractivity (Wildman–Crippen MR) is 258 cm³/mol. The number of nitrogens with one attached hydrogen (secondary N) is 2. The Balaban J connectivity index is 1.15. The number of rotatable bonds is 15. The lowest BCUT2D eigenvalue weighted by Gasteiger charge is -2.49. The fraction of sp³-hybridized carbons (Fsp3) is 0.200. The van der Waals surface area contributed by atoms with Crippen LogP contribution in [0.1, 0.15) is 60.4 Å². The number of benzene rings is 5. The summed E-state index contributed by atoms with van der Waals surface area (Å²) in [7, 11) is -4.18. The van der Waals surface area contributed by atoms with Gasteiger partial charge in [-0.3, -0.25) is 19.8 Å². The number of thioether (sulfide) groups is 1. The van der Waals surface area contributed by atoms with Crippen molar-refractivity contribution in [3.63, 3.8) is 0 Å². The maximum Gasteiger partial charge on any atom is 0.413 e. The van der Waals surface area contributed by atoms with E-state index in [0.717, 1.165) is 34.3 Å². The molecule has 2 atom stereocenters. The molecule has 2 aliphatic heterocycles. The van der Waals surface area contributed by atoms with E-state index in [1.807, 2.05) is 103 Å². The second-order valence-electron chi connectivity index (χ2n) is 16.5. The van der Waals surface area contributed by atoms with Crippen molar-refractivity contribution < 1.29 is 46.1 Å². The summed E-state index contributed by atoms with van der Waals surface area (Å²) < 4.78 is 41.9. The summed E-state index contributed by atoms with van der Waals surface area (Å²) in [5, 5.41) is 10.6. The van der Waals surface area contributed by atoms with Gasteiger partial charge in [-0.05, 0) is 31.9 Å². The van der Waals surface area contributed by atoms with Crippen LogP contribution >= 0.6 is 23.1 Å². The van der Waals surface area contributed by atoms with E-state index in [-0.39, 0.29) is 28.0 Å². The quantitative estimate of drug-likeness (QED) is 0.0251. The highest BCUT2D eigenvalue weighted by Crippen LogP contribution is 2.43. The lowest BCUT2D eigenvalue weighted by Crippen LogP contribution is -2.71. The van der Waals surface area contributed by atoms with E-state index in [9.17, 15) is 27.6 Å². The molecule has 0 saturated carbocycles. The predicted octanol–water partition coefficient (Wildman–Crippen LogP) is 8.12. The zero-order valence-electron chi connectivity index (χ0n) is 37.1. The van der Waals surface area contributed by atoms with Crippen molar-refractivity contribution in [2.24, 2.45) is 5.16 Å². The highest BCUT2D eigenvalue weighted by atomic mass is 32.2. The molecule has 0 radical (unpaired) electrons. The summed E-state index contributed by atoms with van der Waals surface area (Å²) in [5.41, 5.74) is 0.242. The Bertz CT molecular complexity index is 2830. The Hall–Kier alpha value is -7.28. The van der Waals surface area contributed by atoms with Crippen LogP contribution in [0.2, 0.25) is 0 Å². The fourth-order valence-electron chi connectivity index (χ4n) is 7.61. The summed E-state index contributed by atoms with van der Waals surface area (Å²) in [5.74, 6) is -3.15. The first-order chi connectivity index (χ1) is 32.6. The number of nitrogens with zero attached hydrogens (tertiary/aromatic N) is 3. The number of ether oxygens (including phenoxy) is 2. The van der Waals surface area contributed by atoms with Crippen molar-refractivity contribution >= 4 is 67.9 Å². The first-order valence-corrected chi connectivity index (χ1v) is 24.9. The van der Waals surface area contributed by atoms with E-state index in [2.05, 4.69) is 20.8 Å². The zero-order chi connectivity index (χ0) is 48.1. The minimum atomic E-state index is -4.18. The molecule has 348 valence electrons. The van der Waals surface area contributed by atoms with Crippen LogP contribution in [0.4, 0.5) is 9.93 Å². The molecule has 3 heterocycles. The molecule has 0 spiro atoms. The van der Waals surface area contributed by atoms with E-state index in [4.69, 9.17) is 18.5 Å². The summed E-state index contributed by atoms with van der Waals surface area (Å²) in [6.45, 7) is 5.14. The van der Waals surface area contributed by atoms with E-state index < -0.39 is 68.4 Å². The molecular weight excluding hydrogens is 927 g/mol. The van der Waals surface area contributed by atoms with Gasteiger partial charge in [0.1, 0.15) is 22.7 Å². The second-order valence-corrected chi connectivity index (χ2v) is 20.0. The van der Waals surface area contributed by atoms with Crippen LogP contribution in [0.3, 0.4) is 0 Å². The molecule has 3 amide bonds. The lowest BCUT2D eigenvalue weighted by molar-refractivity contribution is -0.154. The average Bonchev–Trinajstić information content (AvgIpc) is 3.78. The largest absolute Gasteiger partial charge is 0.448 e. The SMILES string of the molecule is CC(C)(C)OC(=O)Nc1nc(/C(=N\OC(c2ccccc2)(c2ccccc2)c2ccccc2)C(=O)N[C@@H]2C(=O)N3C(C(=O)OC(c4ccccc4)c4ccccc4)=C(OS(C)(=O)=O)CS[C@H]23)cs1. The molecule has 6 aromatic rings. The van der Waals surface area contributed by atoms with Crippen LogP contribution in [0.25, 0.3) is 0 Å². The third-order valence-corrected chi connectivity index (χ3v) is 13.0. The zero-order valence-corrected chi connectivity index (χ0v) is 39.5. The first-order valence-electron chi connectivity index (χ1n) is 21.2. The minimum Gasteiger partial charge on any atom is -0.448 e. The van der Waals surface area contributed by atoms with Crippen LogP contribution in [-0.4, -0.2) is 76.9 Å². The Morgan fingerprint density at radius 1 is 0.779 bits per heavy atom. The van der Waals surface area contributed by atoms with Crippen molar-refractivity contribution in [2.75, 3.05) is 17.3 Å². The number of thiazole rings is 1. The molecular formula is C50H45N5O10S3. The Morgan fingerprint density at radius 2 is 1.28 bits per heavy atom. The van der Waals surface area contributed by atoms with Gasteiger partial charge < -0.3 is 23.8 Å². The standard InChI is InChI=1S/C50H45N5O10S3/c1-49(2,3)63-48(59)53-47-51-37(30-67-47)39(54-65-50(34-24-14-7-15-25-34,35-26-16-8-17-27-35)36-28-18-9-19-29-36)43(56)52-40-44(57)55-41(38(31-66-45(40)55)64-68(4,60)61)46(58)62-42(32-20-10-5-11-21-32)33-22-12-6-13-23-33/h5-30,40,42,45H,31H2,1-4H3,(H,52,56)(H,51,53,59)/b54-39+/t40-,45-/m1/s1. The molecule has 5 aromatic carbocycles. The third-order valence-electron chi connectivity index (χ3n) is 10.5. The molecule has 0 unspecified atom stereocenters. The number of carbonyl (C=O) groups is 4. The van der Waals surface area contributed by atoms with Gasteiger partial charge in [-0.1, -0.05) is 157 Å². The van der Waals surface area contributed by atoms with Crippen LogP contribution in [0.15, 0.2) is 174 Å². The van der Waals surface area contributed by atoms with Crippen molar-refractivity contribution in [3.05, 3.63) is 202 Å². The molecule has 68 heavy (non-hydrogen) atoms. The maximum absolute atomic E-state index is 14.8. The number of fused-ring (bicyclic) bond motifs is 1. The van der Waals surface area contributed by atoms with Crippen molar-refractivity contribution in [1.82, 2.24) is 15.2 Å². The van der Waals surface area contributed by atoms with Gasteiger partial charge in [-0.2, -0.15) is 8.42 Å². The number of carbonyl (C=O) groups excluding carboxylic acids is 4. The van der Waals surface area contributed by atoms with E-state index >= 15 is 0 Å². The van der Waals surface area contributed by atoms with E-state index in [1.165, 1.54) is 5.38 Å². The highest BCUT2D eigenvalue weighted by molar-refractivity contribution is 8.00. The molecule has 0 aliphatic carbocycles. The van der Waals surface area contributed by atoms with Gasteiger partial charge in [0.2, 0.25) is 5.60 Å². The number of oxime groups is 1. The van der Waals surface area contributed by atoms with Gasteiger partial charge in [0.25, 0.3) is 11.8 Å². The summed E-state index contributed by atoms with van der Waals surface area (Å²) in [6, 6.07) is 44.6. The van der Waals surface area contributed by atoms with Gasteiger partial charge in [0, 0.05) is 22.1 Å². The summed E-state index contributed by atoms with van der Waals surface area (Å²) in [6.07, 6.45) is -0.892. The van der Waals surface area contributed by atoms with Crippen molar-refractivity contribution in [1.29, 1.82) is 0 Å². The molecule has 15 nitrogen and oxygen atoms in total. The number of esters is 1. The number of amides is 3. The van der Waals surface area contributed by atoms with Crippen LogP contribution in [0, 0.1) is 0 Å². The van der Waals surface area contributed by atoms with E-state index in [0.29, 0.717) is 27.8 Å². The Kier molecular flexibility index (Phi) is 13.8. The van der Waals surface area contributed by atoms with Crippen molar-refractivity contribution in [2.45, 2.75) is 49.5 Å². The normalized spacial score (nSPS) is 16.3. The maximum atomic E-state index is 14.8. The van der Waals surface area contributed by atoms with Gasteiger partial charge in [-0.25, -0.2) is 14.6 Å². The minimum absolute atomic E-state index is 0.0116. The van der Waals surface area contributed by atoms with Crippen molar-refractivity contribution in [3.8, 4) is 0 Å². The topological polar surface area (TPSA) is 192 Å². The van der Waals surface area contributed by atoms with Crippen LogP contribution in [0.5, 0.6) is 0 Å². The summed E-state index contributed by atoms with van der Waals surface area (Å²) >= 11 is 2.07. The molecule has 1 fully saturated rings. The fourth-order valence-corrected chi connectivity index (χ4v) is 10.1. The van der Waals surface area contributed by atoms with Gasteiger partial charge in [0.05, 0.1) is 12.0 Å². The number of β-lactam (4-membered cyclic amide) rings is 1. The highest BCUT2D eigenvalue weighted by Gasteiger charge is 2.56. The Labute approximate surface area is 401 Å². The molecule has 1 saturated heterocycles. The number of aromatic nitrogens is 1. The summed E-state index contributed by atoms with van der Waals surface area (Å²) in [4.78, 5) is 68.6. The Morgan fingerprint density at radius 3 is 1.76 bits per heavy atom. The van der Waals surface area contributed by atoms with Crippen LogP contribution in [-0.2, 0) is 48.6 Å². The number of hydrogen-bond donors (Lipinski definition) is 2. The first kappa shape index (κ1) is 47.2. The van der Waals surface area contributed by atoms with E-state index in [1.54, 1.807) is 69.3 Å². The molecule has 8 rings (SSSR count). The molecule has 2 aliphatic rings. The number of anilines is 1. The van der Waals surface area contributed by atoms with Gasteiger partial charge in [-0.15, -0.1) is 23.1 Å². The van der Waals surface area contributed by atoms with Gasteiger partial charge in [0.15, 0.2) is 28.4 Å².